The number of pyridine rings is 1. The summed E-state index contributed by atoms with van der Waals surface area (Å²) in [6, 6.07) is 7.74. The Morgan fingerprint density at radius 1 is 1.23 bits per heavy atom. The van der Waals surface area contributed by atoms with Gasteiger partial charge in [0.15, 0.2) is 0 Å². The van der Waals surface area contributed by atoms with Gasteiger partial charge in [0.05, 0.1) is 6.54 Å². The minimum Gasteiger partial charge on any atom is -0.328 e. The number of nitrogens with zero attached hydrogens (tertiary/aromatic N) is 2. The summed E-state index contributed by atoms with van der Waals surface area (Å²) in [5, 5.41) is 2.90. The molecular formula is C17H19N3OS. The zero-order valence-electron chi connectivity index (χ0n) is 12.8. The lowest BCUT2D eigenvalue weighted by molar-refractivity contribution is 0.319. The number of thiazole rings is 1. The number of benzene rings is 1. The van der Waals surface area contributed by atoms with E-state index < -0.39 is 0 Å². The maximum absolute atomic E-state index is 11.9. The molecule has 0 fully saturated rings. The number of aryl methyl sites for hydroxylation is 1. The molecule has 0 saturated heterocycles. The molecule has 1 aromatic carbocycles. The van der Waals surface area contributed by atoms with Crippen molar-refractivity contribution in [3.8, 4) is 0 Å². The van der Waals surface area contributed by atoms with Crippen LogP contribution < -0.4 is 5.56 Å². The number of nitrogens with one attached hydrogen (secondary N) is 1. The van der Waals surface area contributed by atoms with Gasteiger partial charge in [-0.2, -0.15) is 0 Å². The van der Waals surface area contributed by atoms with Crippen molar-refractivity contribution < 1.29 is 0 Å². The van der Waals surface area contributed by atoms with E-state index in [-0.39, 0.29) is 5.56 Å². The fourth-order valence-corrected chi connectivity index (χ4v) is 3.51. The van der Waals surface area contributed by atoms with Crippen LogP contribution in [0, 0.1) is 0 Å². The van der Waals surface area contributed by atoms with Crippen LogP contribution in [0.5, 0.6) is 0 Å². The molecule has 5 heteroatoms. The van der Waals surface area contributed by atoms with Crippen molar-refractivity contribution >= 4 is 22.1 Å². The first-order chi connectivity index (χ1) is 10.7. The van der Waals surface area contributed by atoms with Gasteiger partial charge in [-0.3, -0.25) is 9.69 Å². The summed E-state index contributed by atoms with van der Waals surface area (Å²) in [4.78, 5) is 22.7. The molecule has 3 aromatic rings. The van der Waals surface area contributed by atoms with Gasteiger partial charge in [0.2, 0.25) is 0 Å². The van der Waals surface area contributed by atoms with E-state index in [4.69, 9.17) is 0 Å². The average Bonchev–Trinajstić information content (AvgIpc) is 2.98. The van der Waals surface area contributed by atoms with Crippen molar-refractivity contribution in [1.82, 2.24) is 14.9 Å². The minimum absolute atomic E-state index is 0.0329. The Bertz CT molecular complexity index is 837. The highest BCUT2D eigenvalue weighted by molar-refractivity contribution is 7.11. The molecule has 0 bridgehead atoms. The van der Waals surface area contributed by atoms with Crippen LogP contribution >= 0.6 is 11.3 Å². The van der Waals surface area contributed by atoms with Gasteiger partial charge in [-0.05, 0) is 30.5 Å². The average molecular weight is 313 g/mol. The summed E-state index contributed by atoms with van der Waals surface area (Å²) in [7, 11) is 2.08. The SMILES string of the molecule is CCc1cnc(CN(C)Cc2c[nH]c(=O)c3ccccc23)s1. The van der Waals surface area contributed by atoms with Crippen LogP contribution in [0.4, 0.5) is 0 Å². The summed E-state index contributed by atoms with van der Waals surface area (Å²) >= 11 is 1.77. The zero-order chi connectivity index (χ0) is 15.5. The number of H-pyrrole nitrogens is 1. The third-order valence-electron chi connectivity index (χ3n) is 3.69. The molecule has 0 atom stereocenters. The lowest BCUT2D eigenvalue weighted by atomic mass is 10.1. The topological polar surface area (TPSA) is 49.0 Å². The van der Waals surface area contributed by atoms with Crippen LogP contribution in [0.2, 0.25) is 0 Å². The highest BCUT2D eigenvalue weighted by atomic mass is 32.1. The minimum atomic E-state index is -0.0329. The molecule has 1 N–H and O–H groups in total. The Kier molecular flexibility index (Phi) is 4.36. The lowest BCUT2D eigenvalue weighted by Gasteiger charge is -2.16. The van der Waals surface area contributed by atoms with Crippen LogP contribution in [0.15, 0.2) is 41.5 Å². The standard InChI is InChI=1S/C17H19N3OS/c1-3-13-9-18-16(22-13)11-20(2)10-12-8-19-17(21)15-7-5-4-6-14(12)15/h4-9H,3,10-11H2,1-2H3,(H,19,21). The van der Waals surface area contributed by atoms with Crippen LogP contribution in [-0.4, -0.2) is 21.9 Å². The normalized spacial score (nSPS) is 11.4. The molecule has 0 aliphatic rings. The van der Waals surface area contributed by atoms with Crippen molar-refractivity contribution in [3.05, 3.63) is 62.5 Å². The molecule has 0 radical (unpaired) electrons. The Labute approximate surface area is 133 Å². The van der Waals surface area contributed by atoms with Gasteiger partial charge < -0.3 is 4.98 Å². The first kappa shape index (κ1) is 14.9. The molecule has 2 heterocycles. The number of hydrogen-bond acceptors (Lipinski definition) is 4. The van der Waals surface area contributed by atoms with Gasteiger partial charge >= 0.3 is 0 Å². The Balaban J connectivity index is 1.80. The Morgan fingerprint density at radius 3 is 2.73 bits per heavy atom. The predicted molar refractivity (Wildman–Crippen MR) is 91.2 cm³/mol. The van der Waals surface area contributed by atoms with Gasteiger partial charge in [0.25, 0.3) is 5.56 Å². The summed E-state index contributed by atoms with van der Waals surface area (Å²) < 4.78 is 0. The monoisotopic (exact) mass is 313 g/mol. The number of rotatable bonds is 5. The molecule has 0 unspecified atom stereocenters. The number of hydrogen-bond donors (Lipinski definition) is 1. The van der Waals surface area contributed by atoms with Crippen LogP contribution in [-0.2, 0) is 19.5 Å². The number of aromatic nitrogens is 2. The lowest BCUT2D eigenvalue weighted by Crippen LogP contribution is -2.18. The Morgan fingerprint density at radius 2 is 2.00 bits per heavy atom. The molecule has 0 saturated carbocycles. The maximum atomic E-state index is 11.9. The van der Waals surface area contributed by atoms with Gasteiger partial charge in [0.1, 0.15) is 5.01 Å². The van der Waals surface area contributed by atoms with Crippen molar-refractivity contribution in [2.24, 2.45) is 0 Å². The smallest absolute Gasteiger partial charge is 0.255 e. The largest absolute Gasteiger partial charge is 0.328 e. The maximum Gasteiger partial charge on any atom is 0.255 e. The Hall–Kier alpha value is -1.98. The molecule has 0 aliphatic carbocycles. The van der Waals surface area contributed by atoms with Gasteiger partial charge in [-0.15, -0.1) is 11.3 Å². The molecule has 0 amide bonds. The summed E-state index contributed by atoms with van der Waals surface area (Å²) in [6.07, 6.45) is 4.82. The van der Waals surface area contributed by atoms with Crippen LogP contribution in [0.25, 0.3) is 10.8 Å². The van der Waals surface area contributed by atoms with Crippen LogP contribution in [0.1, 0.15) is 22.4 Å². The predicted octanol–water partition coefficient (Wildman–Crippen LogP) is 3.18. The van der Waals surface area contributed by atoms with E-state index in [0.29, 0.717) is 0 Å². The van der Waals surface area contributed by atoms with Crippen molar-refractivity contribution in [2.75, 3.05) is 7.05 Å². The first-order valence-electron chi connectivity index (χ1n) is 7.38. The van der Waals surface area contributed by atoms with E-state index >= 15 is 0 Å². The van der Waals surface area contributed by atoms with E-state index in [1.54, 1.807) is 11.3 Å². The van der Waals surface area contributed by atoms with Crippen molar-refractivity contribution in [3.63, 3.8) is 0 Å². The van der Waals surface area contributed by atoms with E-state index in [2.05, 4.69) is 28.8 Å². The van der Waals surface area contributed by atoms with E-state index in [9.17, 15) is 4.79 Å². The highest BCUT2D eigenvalue weighted by Gasteiger charge is 2.09. The fraction of sp³-hybridized carbons (Fsp3) is 0.294. The highest BCUT2D eigenvalue weighted by Crippen LogP contribution is 2.18. The molecule has 0 spiro atoms. The third kappa shape index (κ3) is 3.10. The quantitative estimate of drug-likeness (QED) is 0.787. The molecule has 114 valence electrons. The summed E-state index contributed by atoms with van der Waals surface area (Å²) in [5.74, 6) is 0. The van der Waals surface area contributed by atoms with Crippen molar-refractivity contribution in [2.45, 2.75) is 26.4 Å². The third-order valence-corrected chi connectivity index (χ3v) is 4.82. The van der Waals surface area contributed by atoms with Gasteiger partial charge in [0, 0.05) is 29.2 Å². The van der Waals surface area contributed by atoms with Crippen molar-refractivity contribution in [1.29, 1.82) is 0 Å². The molecular weight excluding hydrogens is 294 g/mol. The second kappa shape index (κ2) is 6.42. The van der Waals surface area contributed by atoms with Gasteiger partial charge in [-0.25, -0.2) is 4.98 Å². The molecule has 2 aromatic heterocycles. The van der Waals surface area contributed by atoms with Gasteiger partial charge in [-0.1, -0.05) is 25.1 Å². The molecule has 4 nitrogen and oxygen atoms in total. The first-order valence-corrected chi connectivity index (χ1v) is 8.20. The van der Waals surface area contributed by atoms with E-state index in [0.717, 1.165) is 40.9 Å². The van der Waals surface area contributed by atoms with E-state index in [1.807, 2.05) is 36.7 Å². The molecule has 0 aliphatic heterocycles. The van der Waals surface area contributed by atoms with E-state index in [1.165, 1.54) is 4.88 Å². The summed E-state index contributed by atoms with van der Waals surface area (Å²) in [5.41, 5.74) is 1.10. The number of fused-ring (bicyclic) bond motifs is 1. The zero-order valence-corrected chi connectivity index (χ0v) is 13.6. The molecule has 22 heavy (non-hydrogen) atoms. The second-order valence-electron chi connectivity index (χ2n) is 5.43. The fourth-order valence-electron chi connectivity index (χ4n) is 2.56. The van der Waals surface area contributed by atoms with Crippen LogP contribution in [0.3, 0.4) is 0 Å². The number of aromatic amines is 1. The molecule has 3 rings (SSSR count). The summed E-state index contributed by atoms with van der Waals surface area (Å²) in [6.45, 7) is 3.74. The second-order valence-corrected chi connectivity index (χ2v) is 6.63.